The van der Waals surface area contributed by atoms with Crippen molar-refractivity contribution in [3.05, 3.63) is 51.3 Å². The number of hydrogen-bond acceptors (Lipinski definition) is 4. The molecule has 2 aromatic rings. The van der Waals surface area contributed by atoms with Gasteiger partial charge in [-0.15, -0.1) is 0 Å². The molecule has 0 saturated carbocycles. The molecule has 0 radical (unpaired) electrons. The fourth-order valence-corrected chi connectivity index (χ4v) is 2.11. The second-order valence-electron chi connectivity index (χ2n) is 3.77. The van der Waals surface area contributed by atoms with Crippen LogP contribution in [0.15, 0.2) is 35.1 Å². The van der Waals surface area contributed by atoms with Gasteiger partial charge in [0.1, 0.15) is 15.6 Å². The number of nitrogens with one attached hydrogen (secondary N) is 1. The molecule has 0 spiro atoms. The summed E-state index contributed by atoms with van der Waals surface area (Å²) in [6.07, 6.45) is 1.66. The molecule has 0 aliphatic carbocycles. The Kier molecular flexibility index (Phi) is 4.34. The summed E-state index contributed by atoms with van der Waals surface area (Å²) in [5.74, 6) is -0.0479. The number of rotatable bonds is 3. The van der Waals surface area contributed by atoms with Crippen LogP contribution in [-0.4, -0.2) is 15.9 Å². The van der Waals surface area contributed by atoms with Crippen molar-refractivity contribution in [1.29, 1.82) is 0 Å². The van der Waals surface area contributed by atoms with Crippen LogP contribution in [0.2, 0.25) is 5.15 Å². The van der Waals surface area contributed by atoms with Crippen LogP contribution in [0.25, 0.3) is 0 Å². The van der Waals surface area contributed by atoms with Gasteiger partial charge in [0, 0.05) is 18.3 Å². The zero-order chi connectivity index (χ0) is 13.8. The number of aromatic nitrogens is 2. The third-order valence-electron chi connectivity index (χ3n) is 2.32. The summed E-state index contributed by atoms with van der Waals surface area (Å²) in [6.45, 7) is 0.389. The van der Waals surface area contributed by atoms with Crippen LogP contribution in [0, 0.1) is 0 Å². The lowest BCUT2D eigenvalue weighted by Crippen LogP contribution is -2.23. The molecule has 2 heterocycles. The lowest BCUT2D eigenvalue weighted by atomic mass is 10.2. The van der Waals surface area contributed by atoms with Crippen LogP contribution >= 0.6 is 27.5 Å². The first-order valence-electron chi connectivity index (χ1n) is 5.36. The van der Waals surface area contributed by atoms with Crippen molar-refractivity contribution in [1.82, 2.24) is 15.3 Å². The van der Waals surface area contributed by atoms with Gasteiger partial charge in [0.25, 0.3) is 5.91 Å². The predicted octanol–water partition coefficient (Wildman–Crippen LogP) is 2.40. The Morgan fingerprint density at radius 1 is 1.42 bits per heavy atom. The second-order valence-corrected chi connectivity index (χ2v) is 4.97. The van der Waals surface area contributed by atoms with Crippen molar-refractivity contribution in [3.63, 3.8) is 0 Å². The molecular formula is C12H10BrClN4O. The summed E-state index contributed by atoms with van der Waals surface area (Å²) >= 11 is 9.01. The van der Waals surface area contributed by atoms with E-state index in [1.165, 1.54) is 12.1 Å². The van der Waals surface area contributed by atoms with E-state index in [2.05, 4.69) is 31.2 Å². The van der Waals surface area contributed by atoms with E-state index in [0.29, 0.717) is 12.1 Å². The highest BCUT2D eigenvalue weighted by molar-refractivity contribution is 9.10. The Labute approximate surface area is 123 Å². The van der Waals surface area contributed by atoms with Crippen molar-refractivity contribution in [2.24, 2.45) is 0 Å². The van der Waals surface area contributed by atoms with E-state index in [1.54, 1.807) is 6.20 Å². The Morgan fingerprint density at radius 3 is 2.89 bits per heavy atom. The van der Waals surface area contributed by atoms with Gasteiger partial charge in [-0.05, 0) is 45.8 Å². The molecule has 0 aromatic carbocycles. The molecule has 3 N–H and O–H groups in total. The summed E-state index contributed by atoms with van der Waals surface area (Å²) in [7, 11) is 0. The average molecular weight is 342 g/mol. The molecule has 2 aromatic heterocycles. The SMILES string of the molecule is Nc1cc(C(=O)NCc2ccnc(Br)c2)cc(Cl)n1. The zero-order valence-corrected chi connectivity index (χ0v) is 12.1. The third-order valence-corrected chi connectivity index (χ3v) is 2.95. The van der Waals surface area contributed by atoms with Gasteiger partial charge in [-0.2, -0.15) is 0 Å². The Morgan fingerprint density at radius 2 is 2.21 bits per heavy atom. The number of anilines is 1. The van der Waals surface area contributed by atoms with E-state index >= 15 is 0 Å². The summed E-state index contributed by atoms with van der Waals surface area (Å²) in [4.78, 5) is 19.7. The quantitative estimate of drug-likeness (QED) is 0.840. The Balaban J connectivity index is 2.05. The molecule has 5 nitrogen and oxygen atoms in total. The predicted molar refractivity (Wildman–Crippen MR) is 76.8 cm³/mol. The number of carbonyl (C=O) groups excluding carboxylic acids is 1. The first-order chi connectivity index (χ1) is 9.04. The smallest absolute Gasteiger partial charge is 0.251 e. The summed E-state index contributed by atoms with van der Waals surface area (Å²) in [5.41, 5.74) is 6.85. The fraction of sp³-hybridized carbons (Fsp3) is 0.0833. The van der Waals surface area contributed by atoms with Crippen LogP contribution in [0.1, 0.15) is 15.9 Å². The molecule has 0 atom stereocenters. The van der Waals surface area contributed by atoms with Gasteiger partial charge in [-0.3, -0.25) is 4.79 Å². The van der Waals surface area contributed by atoms with E-state index in [4.69, 9.17) is 17.3 Å². The lowest BCUT2D eigenvalue weighted by Gasteiger charge is -2.06. The highest BCUT2D eigenvalue weighted by Gasteiger charge is 2.08. The van der Waals surface area contributed by atoms with Gasteiger partial charge in [-0.1, -0.05) is 11.6 Å². The highest BCUT2D eigenvalue weighted by atomic mass is 79.9. The number of nitrogens with zero attached hydrogens (tertiary/aromatic N) is 2. The van der Waals surface area contributed by atoms with Gasteiger partial charge >= 0.3 is 0 Å². The van der Waals surface area contributed by atoms with Crippen LogP contribution < -0.4 is 11.1 Å². The first kappa shape index (κ1) is 13.8. The minimum absolute atomic E-state index is 0.191. The first-order valence-corrected chi connectivity index (χ1v) is 6.53. The molecule has 2 rings (SSSR count). The molecule has 0 fully saturated rings. The highest BCUT2D eigenvalue weighted by Crippen LogP contribution is 2.12. The van der Waals surface area contributed by atoms with Crippen molar-refractivity contribution in [3.8, 4) is 0 Å². The normalized spacial score (nSPS) is 10.2. The van der Waals surface area contributed by atoms with Crippen molar-refractivity contribution < 1.29 is 4.79 Å². The second kappa shape index (κ2) is 5.99. The average Bonchev–Trinajstić information content (AvgIpc) is 2.35. The minimum Gasteiger partial charge on any atom is -0.384 e. The molecule has 19 heavy (non-hydrogen) atoms. The largest absolute Gasteiger partial charge is 0.384 e. The number of amides is 1. The molecule has 0 unspecified atom stereocenters. The summed E-state index contributed by atoms with van der Waals surface area (Å²) in [5, 5.41) is 2.96. The maximum absolute atomic E-state index is 11.9. The van der Waals surface area contributed by atoms with E-state index in [-0.39, 0.29) is 16.9 Å². The lowest BCUT2D eigenvalue weighted by molar-refractivity contribution is 0.0951. The van der Waals surface area contributed by atoms with E-state index < -0.39 is 0 Å². The van der Waals surface area contributed by atoms with Crippen molar-refractivity contribution >= 4 is 39.3 Å². The Hall–Kier alpha value is -1.66. The number of carbonyl (C=O) groups is 1. The van der Waals surface area contributed by atoms with Crippen LogP contribution in [0.4, 0.5) is 5.82 Å². The molecule has 98 valence electrons. The van der Waals surface area contributed by atoms with Crippen LogP contribution in [0.3, 0.4) is 0 Å². The van der Waals surface area contributed by atoms with Gasteiger partial charge in [0.2, 0.25) is 0 Å². The fourth-order valence-electron chi connectivity index (χ4n) is 1.49. The van der Waals surface area contributed by atoms with Crippen LogP contribution in [-0.2, 0) is 6.54 Å². The number of hydrogen-bond donors (Lipinski definition) is 2. The molecule has 0 saturated heterocycles. The van der Waals surface area contributed by atoms with Gasteiger partial charge in [0.05, 0.1) is 0 Å². The topological polar surface area (TPSA) is 80.9 Å². The van der Waals surface area contributed by atoms with E-state index in [0.717, 1.165) is 10.2 Å². The number of halogens is 2. The van der Waals surface area contributed by atoms with Crippen LogP contribution in [0.5, 0.6) is 0 Å². The van der Waals surface area contributed by atoms with Gasteiger partial charge in [-0.25, -0.2) is 9.97 Å². The van der Waals surface area contributed by atoms with Gasteiger partial charge < -0.3 is 11.1 Å². The zero-order valence-electron chi connectivity index (χ0n) is 9.73. The molecule has 0 bridgehead atoms. The molecular weight excluding hydrogens is 332 g/mol. The third kappa shape index (κ3) is 3.90. The van der Waals surface area contributed by atoms with Crippen molar-refractivity contribution in [2.75, 3.05) is 5.73 Å². The summed E-state index contributed by atoms with van der Waals surface area (Å²) in [6, 6.07) is 6.59. The van der Waals surface area contributed by atoms with Crippen molar-refractivity contribution in [2.45, 2.75) is 6.54 Å². The molecule has 0 aliphatic heterocycles. The number of nitrogens with two attached hydrogens (primary N) is 1. The van der Waals surface area contributed by atoms with E-state index in [9.17, 15) is 4.79 Å². The monoisotopic (exact) mass is 340 g/mol. The molecule has 7 heteroatoms. The Bertz CT molecular complexity index is 600. The number of pyridine rings is 2. The van der Waals surface area contributed by atoms with E-state index in [1.807, 2.05) is 12.1 Å². The minimum atomic E-state index is -0.260. The summed E-state index contributed by atoms with van der Waals surface area (Å²) < 4.78 is 0.718. The molecule has 0 aliphatic rings. The number of nitrogen functional groups attached to an aromatic ring is 1. The molecule has 1 amide bonds. The van der Waals surface area contributed by atoms with Gasteiger partial charge in [0.15, 0.2) is 0 Å². The standard InChI is InChI=1S/C12H10BrClN4O/c13-9-3-7(1-2-16-9)6-17-12(19)8-4-10(14)18-11(15)5-8/h1-5H,6H2,(H2,15,18)(H,17,19). The maximum Gasteiger partial charge on any atom is 0.251 e. The maximum atomic E-state index is 11.9.